The Morgan fingerprint density at radius 2 is 1.79 bits per heavy atom. The van der Waals surface area contributed by atoms with Crippen molar-refractivity contribution < 1.29 is 18.0 Å². The van der Waals surface area contributed by atoms with Gasteiger partial charge in [0.2, 0.25) is 5.43 Å². The number of hydrogen-bond donors (Lipinski definition) is 1. The number of nitrogens with zero attached hydrogens (tertiary/aromatic N) is 2. The number of hydrogen-bond acceptors (Lipinski definition) is 3. The zero-order valence-electron chi connectivity index (χ0n) is 14.4. The molecule has 2 aromatic carbocycles. The van der Waals surface area contributed by atoms with Crippen molar-refractivity contribution in [3.63, 3.8) is 0 Å². The van der Waals surface area contributed by atoms with Crippen LogP contribution in [0.25, 0.3) is 5.69 Å². The number of rotatable bonds is 3. The SMILES string of the molecule is Cc1ccc(-n2ccc(=O)c(C(=O)Nc3cc(C(F)(F)F)ccc3Cl)n2)cc1. The summed E-state index contributed by atoms with van der Waals surface area (Å²) < 4.78 is 39.9. The van der Waals surface area contributed by atoms with Gasteiger partial charge < -0.3 is 5.32 Å². The van der Waals surface area contributed by atoms with Gasteiger partial charge >= 0.3 is 6.18 Å². The Balaban J connectivity index is 1.94. The smallest absolute Gasteiger partial charge is 0.319 e. The first kappa shape index (κ1) is 19.6. The summed E-state index contributed by atoms with van der Waals surface area (Å²) >= 11 is 5.87. The maximum Gasteiger partial charge on any atom is 0.416 e. The third-order valence-corrected chi connectivity index (χ3v) is 4.19. The number of carbonyl (C=O) groups is 1. The van der Waals surface area contributed by atoms with Gasteiger partial charge in [0.15, 0.2) is 5.69 Å². The van der Waals surface area contributed by atoms with E-state index in [1.54, 1.807) is 12.1 Å². The molecule has 0 radical (unpaired) electrons. The van der Waals surface area contributed by atoms with Crippen molar-refractivity contribution in [2.24, 2.45) is 0 Å². The molecular formula is C19H13ClF3N3O2. The van der Waals surface area contributed by atoms with Crippen molar-refractivity contribution in [1.82, 2.24) is 9.78 Å². The fourth-order valence-electron chi connectivity index (χ4n) is 2.39. The number of amides is 1. The number of aromatic nitrogens is 2. The minimum Gasteiger partial charge on any atom is -0.319 e. The molecule has 3 rings (SSSR count). The normalized spacial score (nSPS) is 11.3. The molecule has 9 heteroatoms. The molecule has 144 valence electrons. The summed E-state index contributed by atoms with van der Waals surface area (Å²) in [5.74, 6) is -0.965. The van der Waals surface area contributed by atoms with E-state index in [9.17, 15) is 22.8 Å². The van der Waals surface area contributed by atoms with Crippen molar-refractivity contribution in [3.05, 3.63) is 86.8 Å². The first-order valence-corrected chi connectivity index (χ1v) is 8.38. The quantitative estimate of drug-likeness (QED) is 0.697. The lowest BCUT2D eigenvalue weighted by Crippen LogP contribution is -2.25. The second-order valence-electron chi connectivity index (χ2n) is 5.96. The van der Waals surface area contributed by atoms with E-state index in [1.807, 2.05) is 19.1 Å². The van der Waals surface area contributed by atoms with Gasteiger partial charge in [0.25, 0.3) is 5.91 Å². The van der Waals surface area contributed by atoms with Gasteiger partial charge in [0.05, 0.1) is 22.0 Å². The molecule has 1 N–H and O–H groups in total. The highest BCUT2D eigenvalue weighted by Gasteiger charge is 2.31. The van der Waals surface area contributed by atoms with Crippen LogP contribution in [0.5, 0.6) is 0 Å². The Morgan fingerprint density at radius 3 is 2.43 bits per heavy atom. The largest absolute Gasteiger partial charge is 0.416 e. The molecule has 0 saturated heterocycles. The van der Waals surface area contributed by atoms with Crippen molar-refractivity contribution in [3.8, 4) is 5.69 Å². The van der Waals surface area contributed by atoms with Crippen LogP contribution in [0.4, 0.5) is 18.9 Å². The van der Waals surface area contributed by atoms with E-state index in [1.165, 1.54) is 10.9 Å². The number of alkyl halides is 3. The highest BCUT2D eigenvalue weighted by Crippen LogP contribution is 2.33. The monoisotopic (exact) mass is 407 g/mol. The van der Waals surface area contributed by atoms with Crippen molar-refractivity contribution in [2.75, 3.05) is 5.32 Å². The molecule has 28 heavy (non-hydrogen) atoms. The van der Waals surface area contributed by atoms with Crippen LogP contribution in [0, 0.1) is 6.92 Å². The minimum absolute atomic E-state index is 0.101. The first-order valence-electron chi connectivity index (χ1n) is 8.00. The van der Waals surface area contributed by atoms with Crippen LogP contribution in [-0.4, -0.2) is 15.7 Å². The summed E-state index contributed by atoms with van der Waals surface area (Å²) in [5.41, 5.74) is -0.780. The molecule has 0 fully saturated rings. The fraction of sp³-hybridized carbons (Fsp3) is 0.105. The molecular weight excluding hydrogens is 395 g/mol. The van der Waals surface area contributed by atoms with E-state index in [0.717, 1.165) is 23.8 Å². The van der Waals surface area contributed by atoms with E-state index in [4.69, 9.17) is 11.6 Å². The first-order chi connectivity index (χ1) is 13.1. The van der Waals surface area contributed by atoms with Crippen LogP contribution in [0.3, 0.4) is 0 Å². The number of halogens is 4. The molecule has 1 heterocycles. The molecule has 0 atom stereocenters. The highest BCUT2D eigenvalue weighted by molar-refractivity contribution is 6.33. The minimum atomic E-state index is -4.60. The Hall–Kier alpha value is -3.13. The maximum atomic E-state index is 12.9. The van der Waals surface area contributed by atoms with Crippen molar-refractivity contribution in [2.45, 2.75) is 13.1 Å². The third-order valence-electron chi connectivity index (χ3n) is 3.86. The molecule has 0 bridgehead atoms. The van der Waals surface area contributed by atoms with Gasteiger partial charge in [-0.15, -0.1) is 0 Å². The van der Waals surface area contributed by atoms with Gasteiger partial charge in [0, 0.05) is 12.3 Å². The predicted molar refractivity (Wildman–Crippen MR) is 99.0 cm³/mol. The zero-order chi connectivity index (χ0) is 20.5. The summed E-state index contributed by atoms with van der Waals surface area (Å²) in [6.45, 7) is 1.90. The fourth-order valence-corrected chi connectivity index (χ4v) is 2.55. The van der Waals surface area contributed by atoms with Gasteiger partial charge in [-0.1, -0.05) is 29.3 Å². The Labute approximate surface area is 162 Å². The van der Waals surface area contributed by atoms with Crippen LogP contribution in [0.1, 0.15) is 21.6 Å². The van der Waals surface area contributed by atoms with Gasteiger partial charge in [-0.05, 0) is 37.3 Å². The molecule has 5 nitrogen and oxygen atoms in total. The summed E-state index contributed by atoms with van der Waals surface area (Å²) in [5, 5.41) is 6.12. The number of carbonyl (C=O) groups excluding carboxylic acids is 1. The number of nitrogens with one attached hydrogen (secondary N) is 1. The van der Waals surface area contributed by atoms with E-state index < -0.39 is 28.8 Å². The van der Waals surface area contributed by atoms with E-state index in [0.29, 0.717) is 11.8 Å². The van der Waals surface area contributed by atoms with Crippen LogP contribution in [0.2, 0.25) is 5.02 Å². The zero-order valence-corrected chi connectivity index (χ0v) is 15.2. The summed E-state index contributed by atoms with van der Waals surface area (Å²) in [6.07, 6.45) is -3.21. The molecule has 3 aromatic rings. The van der Waals surface area contributed by atoms with Crippen LogP contribution < -0.4 is 10.7 Å². The van der Waals surface area contributed by atoms with Crippen LogP contribution >= 0.6 is 11.6 Å². The lowest BCUT2D eigenvalue weighted by molar-refractivity contribution is -0.137. The summed E-state index contributed by atoms with van der Waals surface area (Å²) in [6, 6.07) is 10.8. The molecule has 0 aliphatic heterocycles. The summed E-state index contributed by atoms with van der Waals surface area (Å²) in [4.78, 5) is 24.5. The Morgan fingerprint density at radius 1 is 1.11 bits per heavy atom. The van der Waals surface area contributed by atoms with Gasteiger partial charge in [-0.3, -0.25) is 9.59 Å². The number of benzene rings is 2. The lowest BCUT2D eigenvalue weighted by atomic mass is 10.2. The topological polar surface area (TPSA) is 64.0 Å². The van der Waals surface area contributed by atoms with Gasteiger partial charge in [-0.25, -0.2) is 4.68 Å². The maximum absolute atomic E-state index is 12.9. The average molecular weight is 408 g/mol. The molecule has 0 aliphatic rings. The second-order valence-corrected chi connectivity index (χ2v) is 6.36. The highest BCUT2D eigenvalue weighted by atomic mass is 35.5. The molecule has 0 aliphatic carbocycles. The lowest BCUT2D eigenvalue weighted by Gasteiger charge is -2.12. The second kappa shape index (κ2) is 7.47. The van der Waals surface area contributed by atoms with Crippen molar-refractivity contribution >= 4 is 23.2 Å². The number of aryl methyl sites for hydroxylation is 1. The average Bonchev–Trinajstić information content (AvgIpc) is 2.63. The summed E-state index contributed by atoms with van der Waals surface area (Å²) in [7, 11) is 0. The van der Waals surface area contributed by atoms with Gasteiger partial charge in [-0.2, -0.15) is 18.3 Å². The Kier molecular flexibility index (Phi) is 5.24. The standard InChI is InChI=1S/C19H13ClF3N3O2/c1-11-2-5-13(6-3-11)26-9-8-16(27)17(25-26)18(28)24-15-10-12(19(21,22)23)4-7-14(15)20/h2-10H,1H3,(H,24,28). The molecule has 1 aromatic heterocycles. The van der Waals surface area contributed by atoms with Crippen LogP contribution in [0.15, 0.2) is 59.5 Å². The van der Waals surface area contributed by atoms with Crippen molar-refractivity contribution in [1.29, 1.82) is 0 Å². The molecule has 0 saturated carbocycles. The van der Waals surface area contributed by atoms with Crippen LogP contribution in [-0.2, 0) is 6.18 Å². The number of anilines is 1. The molecule has 1 amide bonds. The van der Waals surface area contributed by atoms with Gasteiger partial charge in [0.1, 0.15) is 0 Å². The van der Waals surface area contributed by atoms with E-state index in [-0.39, 0.29) is 10.7 Å². The predicted octanol–water partition coefficient (Wildman–Crippen LogP) is 4.47. The molecule has 0 unspecified atom stereocenters. The molecule has 0 spiro atoms. The Bertz CT molecular complexity index is 1090. The van der Waals surface area contributed by atoms with E-state index in [2.05, 4.69) is 10.4 Å². The van der Waals surface area contributed by atoms with E-state index >= 15 is 0 Å². The third kappa shape index (κ3) is 4.23.